The fraction of sp³-hybridized carbons (Fsp3) is 0.385. The molecule has 1 saturated heterocycles. The summed E-state index contributed by atoms with van der Waals surface area (Å²) in [6.07, 6.45) is 6.09. The molecule has 30 heavy (non-hydrogen) atoms. The van der Waals surface area contributed by atoms with Crippen LogP contribution in [0.5, 0.6) is 0 Å². The van der Waals surface area contributed by atoms with Crippen LogP contribution in [0.25, 0.3) is 11.6 Å². The second kappa shape index (κ2) is 7.75. The van der Waals surface area contributed by atoms with Gasteiger partial charge >= 0.3 is 0 Å². The fourth-order valence-electron chi connectivity index (χ4n) is 5.60. The Morgan fingerprint density at radius 2 is 1.90 bits per heavy atom. The van der Waals surface area contributed by atoms with Crippen LogP contribution in [0.4, 0.5) is 8.78 Å². The van der Waals surface area contributed by atoms with E-state index >= 15 is 8.78 Å². The van der Waals surface area contributed by atoms with E-state index in [0.29, 0.717) is 18.8 Å². The largest absolute Gasteiger partial charge is 0.380 e. The minimum atomic E-state index is -0.464. The van der Waals surface area contributed by atoms with Crippen molar-refractivity contribution < 1.29 is 13.5 Å². The van der Waals surface area contributed by atoms with Gasteiger partial charge in [0.25, 0.3) is 0 Å². The van der Waals surface area contributed by atoms with E-state index < -0.39 is 17.7 Å². The van der Waals surface area contributed by atoms with Crippen molar-refractivity contribution in [1.82, 2.24) is 4.90 Å². The van der Waals surface area contributed by atoms with Gasteiger partial charge < -0.3 is 4.74 Å². The first kappa shape index (κ1) is 19.7. The van der Waals surface area contributed by atoms with E-state index in [1.807, 2.05) is 13.0 Å². The molecule has 2 aliphatic heterocycles. The van der Waals surface area contributed by atoms with Gasteiger partial charge in [0.15, 0.2) is 0 Å². The maximum absolute atomic E-state index is 15.4. The van der Waals surface area contributed by atoms with Gasteiger partial charge in [0.05, 0.1) is 12.6 Å². The van der Waals surface area contributed by atoms with E-state index in [0.717, 1.165) is 24.8 Å². The Balaban J connectivity index is 1.68. The lowest BCUT2D eigenvalue weighted by Gasteiger charge is -2.45. The van der Waals surface area contributed by atoms with Crippen LogP contribution < -0.4 is 0 Å². The van der Waals surface area contributed by atoms with Crippen molar-refractivity contribution in [3.8, 4) is 0 Å². The highest BCUT2D eigenvalue weighted by Crippen LogP contribution is 2.50. The quantitative estimate of drug-likeness (QED) is 0.625. The number of allylic oxidation sites excluding steroid dienone is 1. The molecule has 0 spiro atoms. The van der Waals surface area contributed by atoms with Crippen LogP contribution >= 0.6 is 0 Å². The fourth-order valence-corrected chi connectivity index (χ4v) is 5.60. The van der Waals surface area contributed by atoms with Crippen LogP contribution in [0.1, 0.15) is 55.0 Å². The van der Waals surface area contributed by atoms with Crippen molar-refractivity contribution >= 4 is 11.6 Å². The molecule has 0 amide bonds. The first-order valence-electron chi connectivity index (χ1n) is 10.9. The number of rotatable bonds is 3. The Labute approximate surface area is 176 Å². The first-order valence-corrected chi connectivity index (χ1v) is 10.9. The van der Waals surface area contributed by atoms with E-state index in [1.165, 1.54) is 28.8 Å². The average molecular weight is 408 g/mol. The summed E-state index contributed by atoms with van der Waals surface area (Å²) < 4.78 is 36.5. The van der Waals surface area contributed by atoms with Crippen molar-refractivity contribution in [2.45, 2.75) is 51.2 Å². The van der Waals surface area contributed by atoms with Gasteiger partial charge in [0.1, 0.15) is 11.6 Å². The lowest BCUT2D eigenvalue weighted by Crippen LogP contribution is -2.48. The molecule has 0 aromatic heterocycles. The monoisotopic (exact) mass is 407 g/mol. The van der Waals surface area contributed by atoms with Gasteiger partial charge in [-0.15, -0.1) is 0 Å². The molecule has 2 heterocycles. The average Bonchev–Trinajstić information content (AvgIpc) is 3.36. The third-order valence-electron chi connectivity index (χ3n) is 6.81. The predicted octanol–water partition coefficient (Wildman–Crippen LogP) is 5.93. The van der Waals surface area contributed by atoms with Crippen LogP contribution in [0.3, 0.4) is 0 Å². The van der Waals surface area contributed by atoms with Crippen molar-refractivity contribution in [3.63, 3.8) is 0 Å². The maximum Gasteiger partial charge on any atom is 0.131 e. The molecule has 156 valence electrons. The molecule has 3 atom stereocenters. The molecule has 4 heteroatoms. The Bertz CT molecular complexity index is 1010. The van der Waals surface area contributed by atoms with Crippen LogP contribution in [-0.2, 0) is 11.2 Å². The molecule has 0 bridgehead atoms. The molecule has 2 aromatic carbocycles. The van der Waals surface area contributed by atoms with Crippen LogP contribution in [0.2, 0.25) is 0 Å². The molecule has 0 radical (unpaired) electrons. The summed E-state index contributed by atoms with van der Waals surface area (Å²) in [6, 6.07) is 11.3. The van der Waals surface area contributed by atoms with Crippen molar-refractivity contribution in [3.05, 3.63) is 81.9 Å². The molecule has 5 rings (SSSR count). The number of halogens is 2. The Morgan fingerprint density at radius 1 is 1.13 bits per heavy atom. The number of ether oxygens (including phenoxy) is 1. The van der Waals surface area contributed by atoms with Crippen LogP contribution in [0, 0.1) is 11.6 Å². The molecule has 3 unspecified atom stereocenters. The van der Waals surface area contributed by atoms with Gasteiger partial charge in [-0.1, -0.05) is 36.4 Å². The number of fused-ring (bicyclic) bond motifs is 2. The summed E-state index contributed by atoms with van der Waals surface area (Å²) >= 11 is 0. The van der Waals surface area contributed by atoms with Gasteiger partial charge in [-0.25, -0.2) is 8.78 Å². The second-order valence-electron chi connectivity index (χ2n) is 8.66. The highest BCUT2D eigenvalue weighted by atomic mass is 19.1. The summed E-state index contributed by atoms with van der Waals surface area (Å²) in [4.78, 5) is 2.33. The summed E-state index contributed by atoms with van der Waals surface area (Å²) in [7, 11) is 0. The lowest BCUT2D eigenvalue weighted by atomic mass is 9.83. The third-order valence-corrected chi connectivity index (χ3v) is 6.81. The van der Waals surface area contributed by atoms with Crippen molar-refractivity contribution in [2.75, 3.05) is 13.2 Å². The number of hydrogen-bond acceptors (Lipinski definition) is 2. The Morgan fingerprint density at radius 3 is 2.60 bits per heavy atom. The smallest absolute Gasteiger partial charge is 0.131 e. The zero-order valence-corrected chi connectivity index (χ0v) is 17.5. The number of benzene rings is 2. The first-order chi connectivity index (χ1) is 14.6. The number of nitrogens with zero attached hydrogens (tertiary/aromatic N) is 1. The minimum Gasteiger partial charge on any atom is -0.380 e. The van der Waals surface area contributed by atoms with E-state index in [4.69, 9.17) is 4.74 Å². The van der Waals surface area contributed by atoms with Gasteiger partial charge in [-0.2, -0.15) is 0 Å². The van der Waals surface area contributed by atoms with Crippen LogP contribution in [0.15, 0.2) is 48.0 Å². The van der Waals surface area contributed by atoms with E-state index in [2.05, 4.69) is 30.0 Å². The number of hydrogen-bond donors (Lipinski definition) is 0. The van der Waals surface area contributed by atoms with Gasteiger partial charge in [0.2, 0.25) is 0 Å². The SMILES string of the molecule is C/C=C/c1cc(F)c(C2C3=C(CC(C)N2C2CCOC2)c2ccccc2C3)c(F)c1. The molecular formula is C26H27F2NO. The standard InChI is InChI=1S/C26H27F2NO/c1-3-6-17-12-23(27)25(24(28)13-17)26-22-14-18-7-4-5-8-20(18)21(22)11-16(2)29(26)19-9-10-30-15-19/h3-8,12-13,16,19,26H,9-11,14-15H2,1-2H3/b6-3+. The highest BCUT2D eigenvalue weighted by Gasteiger charge is 2.44. The summed E-state index contributed by atoms with van der Waals surface area (Å²) in [5, 5.41) is 0. The lowest BCUT2D eigenvalue weighted by molar-refractivity contribution is 0.0778. The Kier molecular flexibility index (Phi) is 5.08. The molecular weight excluding hydrogens is 380 g/mol. The highest BCUT2D eigenvalue weighted by molar-refractivity contribution is 5.79. The molecule has 3 aliphatic rings. The van der Waals surface area contributed by atoms with Crippen LogP contribution in [-0.4, -0.2) is 30.2 Å². The molecule has 1 fully saturated rings. The molecule has 0 N–H and O–H groups in total. The predicted molar refractivity (Wildman–Crippen MR) is 116 cm³/mol. The maximum atomic E-state index is 15.4. The summed E-state index contributed by atoms with van der Waals surface area (Å²) in [5.74, 6) is -0.928. The second-order valence-corrected chi connectivity index (χ2v) is 8.66. The Hall–Kier alpha value is -2.30. The topological polar surface area (TPSA) is 12.5 Å². The zero-order chi connectivity index (χ0) is 20.8. The van der Waals surface area contributed by atoms with Gasteiger partial charge in [-0.3, -0.25) is 4.90 Å². The zero-order valence-electron chi connectivity index (χ0n) is 17.5. The third kappa shape index (κ3) is 3.14. The molecule has 1 aliphatic carbocycles. The van der Waals surface area contributed by atoms with Gasteiger partial charge in [0, 0.05) is 24.3 Å². The van der Waals surface area contributed by atoms with Gasteiger partial charge in [-0.05, 0) is 73.1 Å². The summed E-state index contributed by atoms with van der Waals surface area (Å²) in [5.41, 5.74) is 5.67. The van der Waals surface area contributed by atoms with E-state index in [1.54, 1.807) is 12.2 Å². The van der Waals surface area contributed by atoms with E-state index in [-0.39, 0.29) is 17.6 Å². The molecule has 0 saturated carbocycles. The molecule has 2 aromatic rings. The van der Waals surface area contributed by atoms with Crippen molar-refractivity contribution in [2.24, 2.45) is 0 Å². The minimum absolute atomic E-state index is 0.178. The summed E-state index contributed by atoms with van der Waals surface area (Å²) in [6.45, 7) is 5.36. The van der Waals surface area contributed by atoms with Crippen molar-refractivity contribution in [1.29, 1.82) is 0 Å². The van der Waals surface area contributed by atoms with E-state index in [9.17, 15) is 0 Å². The normalized spacial score (nSPS) is 26.5. The molecule has 2 nitrogen and oxygen atoms in total.